The number of urea groups is 1. The van der Waals surface area contributed by atoms with E-state index in [4.69, 9.17) is 0 Å². The summed E-state index contributed by atoms with van der Waals surface area (Å²) in [5.41, 5.74) is 0.877. The number of hydrogen-bond acceptors (Lipinski definition) is 4. The Kier molecular flexibility index (Phi) is 6.16. The second kappa shape index (κ2) is 8.58. The van der Waals surface area contributed by atoms with Crippen LogP contribution < -0.4 is 20.9 Å². The van der Waals surface area contributed by atoms with Crippen LogP contribution in [0.1, 0.15) is 39.5 Å². The summed E-state index contributed by atoms with van der Waals surface area (Å²) in [5, 5.41) is 7.92. The summed E-state index contributed by atoms with van der Waals surface area (Å²) in [6.45, 7) is 4.50. The van der Waals surface area contributed by atoms with E-state index in [-0.39, 0.29) is 24.9 Å². The first kappa shape index (κ1) is 20.1. The van der Waals surface area contributed by atoms with Crippen LogP contribution in [-0.4, -0.2) is 37.0 Å². The molecule has 0 spiro atoms. The molecule has 8 heteroatoms. The lowest BCUT2D eigenvalue weighted by molar-refractivity contribution is -0.119. The van der Waals surface area contributed by atoms with Crippen LogP contribution in [0, 0.1) is 17.7 Å². The highest BCUT2D eigenvalue weighted by Gasteiger charge is 2.29. The van der Waals surface area contributed by atoms with Gasteiger partial charge in [0.2, 0.25) is 11.8 Å². The Balaban J connectivity index is 1.60. The number of carbonyl (C=O) groups excluding carboxylic acids is 3. The third kappa shape index (κ3) is 4.79. The predicted molar refractivity (Wildman–Crippen MR) is 105 cm³/mol. The second-order valence-electron chi connectivity index (χ2n) is 7.78. The number of halogens is 1. The summed E-state index contributed by atoms with van der Waals surface area (Å²) < 4.78 is 13.5. The van der Waals surface area contributed by atoms with E-state index in [0.29, 0.717) is 29.8 Å². The average molecular weight is 390 g/mol. The minimum Gasteiger partial charge on any atom is -0.360 e. The van der Waals surface area contributed by atoms with E-state index in [2.05, 4.69) is 29.8 Å². The molecule has 0 saturated heterocycles. The molecule has 7 nitrogen and oxygen atoms in total. The lowest BCUT2D eigenvalue weighted by atomic mass is 9.78. The summed E-state index contributed by atoms with van der Waals surface area (Å²) in [7, 11) is 0. The van der Waals surface area contributed by atoms with Gasteiger partial charge in [-0.05, 0) is 36.5 Å². The van der Waals surface area contributed by atoms with Crippen molar-refractivity contribution in [3.05, 3.63) is 24.0 Å². The molecular weight excluding hydrogens is 363 g/mol. The molecule has 1 saturated carbocycles. The molecule has 0 unspecified atom stereocenters. The molecule has 3 rings (SSSR count). The van der Waals surface area contributed by atoms with E-state index < -0.39 is 17.8 Å². The number of hydrogen-bond donors (Lipinski definition) is 3. The van der Waals surface area contributed by atoms with Crippen molar-refractivity contribution < 1.29 is 18.8 Å². The fourth-order valence-corrected chi connectivity index (χ4v) is 3.95. The first-order chi connectivity index (χ1) is 13.3. The predicted octanol–water partition coefficient (Wildman–Crippen LogP) is 2.62. The number of nitrogens with one attached hydrogen (secondary N) is 3. The molecule has 1 fully saturated rings. The zero-order chi connectivity index (χ0) is 20.3. The monoisotopic (exact) mass is 390 g/mol. The highest BCUT2D eigenvalue weighted by atomic mass is 19.1. The summed E-state index contributed by atoms with van der Waals surface area (Å²) in [5.74, 6) is -0.292. The van der Waals surface area contributed by atoms with Gasteiger partial charge < -0.3 is 15.5 Å². The number of anilines is 2. The van der Waals surface area contributed by atoms with E-state index in [1.54, 1.807) is 4.90 Å². The first-order valence-electron chi connectivity index (χ1n) is 9.78. The summed E-state index contributed by atoms with van der Waals surface area (Å²) in [6, 6.07) is 3.58. The van der Waals surface area contributed by atoms with Crippen LogP contribution in [0.4, 0.5) is 20.6 Å². The van der Waals surface area contributed by atoms with Gasteiger partial charge in [0.25, 0.3) is 0 Å². The lowest BCUT2D eigenvalue weighted by Crippen LogP contribution is -2.51. The minimum atomic E-state index is -0.501. The smallest absolute Gasteiger partial charge is 0.321 e. The highest BCUT2D eigenvalue weighted by Crippen LogP contribution is 2.30. The molecule has 1 aliphatic heterocycles. The molecule has 1 aromatic rings. The molecule has 2 aliphatic rings. The Labute approximate surface area is 164 Å². The summed E-state index contributed by atoms with van der Waals surface area (Å²) >= 11 is 0. The molecule has 1 aromatic carbocycles. The minimum absolute atomic E-state index is 0.0558. The van der Waals surface area contributed by atoms with E-state index in [9.17, 15) is 18.8 Å². The average Bonchev–Trinajstić information content (AvgIpc) is 2.77. The third-order valence-corrected chi connectivity index (χ3v) is 5.79. The van der Waals surface area contributed by atoms with Crippen molar-refractivity contribution in [3.8, 4) is 0 Å². The van der Waals surface area contributed by atoms with Gasteiger partial charge in [0.1, 0.15) is 5.82 Å². The topological polar surface area (TPSA) is 90.5 Å². The van der Waals surface area contributed by atoms with Crippen LogP contribution in [0.25, 0.3) is 0 Å². The number of fused-ring (bicyclic) bond motifs is 1. The molecule has 3 atom stereocenters. The molecule has 1 aliphatic carbocycles. The van der Waals surface area contributed by atoms with Gasteiger partial charge in [0, 0.05) is 19.0 Å². The fraction of sp³-hybridized carbons (Fsp3) is 0.550. The Hall–Kier alpha value is -2.64. The van der Waals surface area contributed by atoms with Crippen molar-refractivity contribution >= 4 is 29.2 Å². The fourth-order valence-electron chi connectivity index (χ4n) is 3.95. The van der Waals surface area contributed by atoms with E-state index in [1.807, 2.05) is 0 Å². The highest BCUT2D eigenvalue weighted by molar-refractivity contribution is 5.99. The van der Waals surface area contributed by atoms with Gasteiger partial charge in [-0.3, -0.25) is 14.9 Å². The van der Waals surface area contributed by atoms with Crippen LogP contribution in [0.3, 0.4) is 0 Å². The Morgan fingerprint density at radius 3 is 2.86 bits per heavy atom. The van der Waals surface area contributed by atoms with Crippen LogP contribution in [-0.2, 0) is 9.59 Å². The molecule has 0 bridgehead atoms. The normalized spacial score (nSPS) is 24.6. The maximum absolute atomic E-state index is 13.5. The Bertz CT molecular complexity index is 770. The van der Waals surface area contributed by atoms with Gasteiger partial charge in [0.05, 0.1) is 17.9 Å². The van der Waals surface area contributed by atoms with Crippen molar-refractivity contribution in [1.29, 1.82) is 0 Å². The summed E-state index contributed by atoms with van der Waals surface area (Å²) in [4.78, 5) is 38.1. The van der Waals surface area contributed by atoms with E-state index in [0.717, 1.165) is 19.3 Å². The van der Waals surface area contributed by atoms with Crippen LogP contribution >= 0.6 is 0 Å². The number of carbonyl (C=O) groups is 3. The molecule has 3 N–H and O–H groups in total. The van der Waals surface area contributed by atoms with Crippen molar-refractivity contribution in [2.45, 2.75) is 45.6 Å². The quantitative estimate of drug-likeness (QED) is 0.740. The van der Waals surface area contributed by atoms with Gasteiger partial charge in [-0.15, -0.1) is 0 Å². The number of rotatable bonds is 3. The number of imide groups is 1. The summed E-state index contributed by atoms with van der Waals surface area (Å²) in [6.07, 6.45) is 3.30. The zero-order valence-corrected chi connectivity index (χ0v) is 16.3. The second-order valence-corrected chi connectivity index (χ2v) is 7.78. The molecule has 0 radical (unpaired) electrons. The molecule has 1 heterocycles. The van der Waals surface area contributed by atoms with Crippen LogP contribution in [0.2, 0.25) is 0 Å². The van der Waals surface area contributed by atoms with Gasteiger partial charge in [-0.25, -0.2) is 9.18 Å². The molecule has 152 valence electrons. The van der Waals surface area contributed by atoms with Crippen molar-refractivity contribution in [1.82, 2.24) is 10.6 Å². The van der Waals surface area contributed by atoms with Gasteiger partial charge in [-0.1, -0.05) is 26.7 Å². The Morgan fingerprint density at radius 2 is 2.07 bits per heavy atom. The van der Waals surface area contributed by atoms with Crippen LogP contribution in [0.5, 0.6) is 0 Å². The zero-order valence-electron chi connectivity index (χ0n) is 16.3. The van der Waals surface area contributed by atoms with Crippen molar-refractivity contribution in [3.63, 3.8) is 0 Å². The molecular formula is C20H27FN4O3. The lowest BCUT2D eigenvalue weighted by Gasteiger charge is -2.34. The van der Waals surface area contributed by atoms with Crippen LogP contribution in [0.15, 0.2) is 18.2 Å². The Morgan fingerprint density at radius 1 is 1.29 bits per heavy atom. The maximum atomic E-state index is 13.5. The number of benzene rings is 1. The van der Waals surface area contributed by atoms with E-state index in [1.165, 1.54) is 18.2 Å². The van der Waals surface area contributed by atoms with Crippen molar-refractivity contribution in [2.24, 2.45) is 11.8 Å². The van der Waals surface area contributed by atoms with Gasteiger partial charge in [-0.2, -0.15) is 0 Å². The molecule has 0 aromatic heterocycles. The maximum Gasteiger partial charge on any atom is 0.321 e. The third-order valence-electron chi connectivity index (χ3n) is 5.79. The van der Waals surface area contributed by atoms with E-state index >= 15 is 0 Å². The first-order valence-corrected chi connectivity index (χ1v) is 9.78. The number of amides is 4. The SMILES string of the molecule is C[C@H]1[C@H](C)CCC[C@@H]1NC(=O)NC(=O)CN1CCC(=O)Nc2cc(F)ccc21. The molecule has 4 amide bonds. The largest absolute Gasteiger partial charge is 0.360 e. The number of nitrogens with zero attached hydrogens (tertiary/aromatic N) is 1. The van der Waals surface area contributed by atoms with Crippen molar-refractivity contribution in [2.75, 3.05) is 23.3 Å². The van der Waals surface area contributed by atoms with Gasteiger partial charge >= 0.3 is 6.03 Å². The molecule has 28 heavy (non-hydrogen) atoms. The van der Waals surface area contributed by atoms with Gasteiger partial charge in [0.15, 0.2) is 0 Å². The standard InChI is InChI=1S/C20H27FN4O3/c1-12-4-3-5-15(13(12)2)23-20(28)24-19(27)11-25-9-8-18(26)22-16-10-14(21)6-7-17(16)25/h6-7,10,12-13,15H,3-5,8-9,11H2,1-2H3,(H,22,26)(H2,23,24,27,28)/t12-,13+,15+/m1/s1.